The highest BCUT2D eigenvalue weighted by Crippen LogP contribution is 2.32. The number of hydrogen-bond acceptors (Lipinski definition) is 8. The molecule has 3 rings (SSSR count). The lowest BCUT2D eigenvalue weighted by molar-refractivity contribution is -0.384. The fraction of sp³-hybridized carbons (Fsp3) is 0.118. The van der Waals surface area contributed by atoms with Crippen molar-refractivity contribution in [2.24, 2.45) is 0 Å². The van der Waals surface area contributed by atoms with Gasteiger partial charge in [-0.05, 0) is 24.3 Å². The van der Waals surface area contributed by atoms with Crippen LogP contribution in [-0.4, -0.2) is 34.0 Å². The van der Waals surface area contributed by atoms with Gasteiger partial charge in [0.05, 0.1) is 23.8 Å². The van der Waals surface area contributed by atoms with E-state index >= 15 is 0 Å². The second kappa shape index (κ2) is 7.43. The van der Waals surface area contributed by atoms with E-state index in [0.717, 1.165) is 5.56 Å². The summed E-state index contributed by atoms with van der Waals surface area (Å²) >= 11 is 0. The Balaban J connectivity index is 2.01. The van der Waals surface area contributed by atoms with E-state index in [9.17, 15) is 10.1 Å². The summed E-state index contributed by atoms with van der Waals surface area (Å²) in [7, 11) is 3.15. The minimum absolute atomic E-state index is 0.114. The smallest absolute Gasteiger partial charge is 0.296 e. The summed E-state index contributed by atoms with van der Waals surface area (Å²) in [5.74, 6) is 1.19. The molecule has 0 spiro atoms. The molecule has 0 amide bonds. The molecule has 0 aliphatic heterocycles. The topological polar surface area (TPSA) is 115 Å². The molecule has 0 unspecified atom stereocenters. The molecule has 0 aliphatic carbocycles. The monoisotopic (exact) mass is 352 g/mol. The highest BCUT2D eigenvalue weighted by molar-refractivity contribution is 5.72. The molecule has 2 aromatic heterocycles. The molecule has 0 radical (unpaired) electrons. The van der Waals surface area contributed by atoms with E-state index in [2.05, 4.69) is 25.6 Å². The lowest BCUT2D eigenvalue weighted by atomic mass is 10.2. The summed E-state index contributed by atoms with van der Waals surface area (Å²) in [4.78, 5) is 23.7. The summed E-state index contributed by atoms with van der Waals surface area (Å²) in [6.45, 7) is 0. The first kappa shape index (κ1) is 17.1. The number of nitrogens with zero attached hydrogens (tertiary/aromatic N) is 4. The number of pyridine rings is 1. The minimum Gasteiger partial charge on any atom is -0.496 e. The Morgan fingerprint density at radius 2 is 2.04 bits per heavy atom. The lowest BCUT2D eigenvalue weighted by Gasteiger charge is -2.11. The maximum absolute atomic E-state index is 11.3. The number of rotatable bonds is 6. The van der Waals surface area contributed by atoms with Crippen molar-refractivity contribution in [3.63, 3.8) is 0 Å². The first-order valence-electron chi connectivity index (χ1n) is 7.67. The summed E-state index contributed by atoms with van der Waals surface area (Å²) in [6.07, 6.45) is 3.35. The van der Waals surface area contributed by atoms with Crippen molar-refractivity contribution >= 4 is 23.1 Å². The second-order valence-electron chi connectivity index (χ2n) is 5.22. The Labute approximate surface area is 149 Å². The zero-order valence-electron chi connectivity index (χ0n) is 14.1. The van der Waals surface area contributed by atoms with Gasteiger partial charge in [-0.1, -0.05) is 0 Å². The van der Waals surface area contributed by atoms with E-state index in [-0.39, 0.29) is 5.69 Å². The Morgan fingerprint density at radius 1 is 1.19 bits per heavy atom. The van der Waals surface area contributed by atoms with Crippen LogP contribution in [0.4, 0.5) is 23.1 Å². The van der Waals surface area contributed by atoms with Crippen molar-refractivity contribution in [2.75, 3.05) is 24.8 Å². The molecule has 1 aromatic carbocycles. The molecule has 0 aliphatic rings. The van der Waals surface area contributed by atoms with Gasteiger partial charge in [0.25, 0.3) is 5.69 Å². The summed E-state index contributed by atoms with van der Waals surface area (Å²) in [6, 6.07) is 9.93. The molecular weight excluding hydrogens is 336 g/mol. The van der Waals surface area contributed by atoms with Crippen LogP contribution in [0.15, 0.2) is 48.8 Å². The third kappa shape index (κ3) is 3.66. The molecule has 0 fully saturated rings. The van der Waals surface area contributed by atoms with Gasteiger partial charge in [0, 0.05) is 31.1 Å². The van der Waals surface area contributed by atoms with Crippen LogP contribution in [0, 0.1) is 10.1 Å². The van der Waals surface area contributed by atoms with Crippen LogP contribution in [0.5, 0.6) is 5.75 Å². The van der Waals surface area contributed by atoms with Crippen LogP contribution in [0.3, 0.4) is 0 Å². The van der Waals surface area contributed by atoms with Crippen LogP contribution >= 0.6 is 0 Å². The number of benzene rings is 1. The van der Waals surface area contributed by atoms with Gasteiger partial charge in [-0.15, -0.1) is 0 Å². The number of hydrogen-bond donors (Lipinski definition) is 2. The van der Waals surface area contributed by atoms with Gasteiger partial charge in [-0.25, -0.2) is 4.98 Å². The van der Waals surface area contributed by atoms with Gasteiger partial charge in [0.1, 0.15) is 17.3 Å². The summed E-state index contributed by atoms with van der Waals surface area (Å²) in [5.41, 5.74) is 1.63. The summed E-state index contributed by atoms with van der Waals surface area (Å²) < 4.78 is 5.05. The fourth-order valence-electron chi connectivity index (χ4n) is 2.32. The highest BCUT2D eigenvalue weighted by atomic mass is 16.6. The van der Waals surface area contributed by atoms with Gasteiger partial charge < -0.3 is 15.4 Å². The molecule has 0 bridgehead atoms. The largest absolute Gasteiger partial charge is 0.496 e. The van der Waals surface area contributed by atoms with Crippen LogP contribution in [0.1, 0.15) is 0 Å². The Bertz CT molecular complexity index is 933. The Morgan fingerprint density at radius 3 is 2.69 bits per heavy atom. The average molecular weight is 352 g/mol. The zero-order chi connectivity index (χ0) is 18.5. The Kier molecular flexibility index (Phi) is 4.88. The van der Waals surface area contributed by atoms with E-state index in [1.807, 2.05) is 6.07 Å². The van der Waals surface area contributed by atoms with E-state index < -0.39 is 4.92 Å². The number of nitrogens with one attached hydrogen (secondary N) is 2. The SMILES string of the molecule is CNc1nc(Nc2ccc(OC)cc2[N+](=O)[O-])cc(-c2cccnc2)n1. The maximum Gasteiger partial charge on any atom is 0.296 e. The molecule has 132 valence electrons. The lowest BCUT2D eigenvalue weighted by Crippen LogP contribution is -2.03. The van der Waals surface area contributed by atoms with Crippen molar-refractivity contribution < 1.29 is 9.66 Å². The predicted octanol–water partition coefficient (Wildman–Crippen LogP) is 3.24. The van der Waals surface area contributed by atoms with E-state index in [1.54, 1.807) is 43.7 Å². The van der Waals surface area contributed by atoms with Gasteiger partial charge in [0.15, 0.2) is 0 Å². The molecule has 9 heteroatoms. The fourth-order valence-corrected chi connectivity index (χ4v) is 2.32. The van der Waals surface area contributed by atoms with Crippen molar-refractivity contribution in [1.29, 1.82) is 0 Å². The number of anilines is 3. The quantitative estimate of drug-likeness (QED) is 0.513. The molecular formula is C17H16N6O3. The van der Waals surface area contributed by atoms with Crippen LogP contribution in [0.2, 0.25) is 0 Å². The highest BCUT2D eigenvalue weighted by Gasteiger charge is 2.16. The van der Waals surface area contributed by atoms with Gasteiger partial charge in [0.2, 0.25) is 5.95 Å². The van der Waals surface area contributed by atoms with Crippen molar-refractivity contribution in [3.05, 3.63) is 58.9 Å². The number of aromatic nitrogens is 3. The molecule has 0 saturated carbocycles. The second-order valence-corrected chi connectivity index (χ2v) is 5.22. The molecule has 2 N–H and O–H groups in total. The molecule has 0 atom stereocenters. The maximum atomic E-state index is 11.3. The molecule has 2 heterocycles. The van der Waals surface area contributed by atoms with E-state index in [1.165, 1.54) is 13.2 Å². The van der Waals surface area contributed by atoms with Crippen molar-refractivity contribution in [2.45, 2.75) is 0 Å². The molecule has 0 saturated heterocycles. The van der Waals surface area contributed by atoms with Gasteiger partial charge in [-0.2, -0.15) is 4.98 Å². The molecule has 3 aromatic rings. The first-order valence-corrected chi connectivity index (χ1v) is 7.67. The van der Waals surface area contributed by atoms with Crippen LogP contribution in [-0.2, 0) is 0 Å². The van der Waals surface area contributed by atoms with Crippen LogP contribution in [0.25, 0.3) is 11.3 Å². The molecule has 26 heavy (non-hydrogen) atoms. The third-order valence-electron chi connectivity index (χ3n) is 3.57. The van der Waals surface area contributed by atoms with Crippen molar-refractivity contribution in [3.8, 4) is 17.0 Å². The van der Waals surface area contributed by atoms with Gasteiger partial charge in [-0.3, -0.25) is 15.1 Å². The standard InChI is InChI=1S/C17H16N6O3/c1-18-17-21-14(11-4-3-7-19-10-11)9-16(22-17)20-13-6-5-12(26-2)8-15(13)23(24)25/h3-10H,1-2H3,(H2,18,20,21,22). The zero-order valence-corrected chi connectivity index (χ0v) is 14.1. The molecule has 9 nitrogen and oxygen atoms in total. The number of nitro groups is 1. The van der Waals surface area contributed by atoms with E-state index in [0.29, 0.717) is 28.9 Å². The first-order chi connectivity index (χ1) is 12.6. The average Bonchev–Trinajstić information content (AvgIpc) is 2.68. The summed E-state index contributed by atoms with van der Waals surface area (Å²) in [5, 5.41) is 17.2. The predicted molar refractivity (Wildman–Crippen MR) is 97.7 cm³/mol. The van der Waals surface area contributed by atoms with Gasteiger partial charge >= 0.3 is 0 Å². The number of methoxy groups -OCH3 is 1. The number of nitro benzene ring substituents is 1. The third-order valence-corrected chi connectivity index (χ3v) is 3.57. The van der Waals surface area contributed by atoms with Crippen molar-refractivity contribution in [1.82, 2.24) is 15.0 Å². The van der Waals surface area contributed by atoms with E-state index in [4.69, 9.17) is 4.74 Å². The normalized spacial score (nSPS) is 10.2. The minimum atomic E-state index is -0.479. The Hall–Kier alpha value is -3.75. The van der Waals surface area contributed by atoms with Crippen LogP contribution < -0.4 is 15.4 Å². The number of ether oxygens (including phenoxy) is 1.